The molecule has 2 aromatic rings. The van der Waals surface area contributed by atoms with Crippen LogP contribution < -0.4 is 14.8 Å². The molecule has 1 aromatic carbocycles. The second-order valence-electron chi connectivity index (χ2n) is 5.27. The maximum absolute atomic E-state index is 12.1. The summed E-state index contributed by atoms with van der Waals surface area (Å²) in [6.07, 6.45) is 0. The molecule has 1 heterocycles. The van der Waals surface area contributed by atoms with E-state index >= 15 is 0 Å². The van der Waals surface area contributed by atoms with Crippen molar-refractivity contribution in [1.29, 1.82) is 0 Å². The Morgan fingerprint density at radius 2 is 1.86 bits per heavy atom. The topological polar surface area (TPSA) is 47.6 Å². The van der Waals surface area contributed by atoms with Crippen molar-refractivity contribution in [3.63, 3.8) is 0 Å². The van der Waals surface area contributed by atoms with Gasteiger partial charge in [-0.05, 0) is 41.6 Å². The molecule has 4 nitrogen and oxygen atoms in total. The van der Waals surface area contributed by atoms with E-state index in [9.17, 15) is 4.79 Å². The van der Waals surface area contributed by atoms with E-state index in [-0.39, 0.29) is 18.6 Å². The van der Waals surface area contributed by atoms with Gasteiger partial charge in [-0.1, -0.05) is 19.9 Å². The average molecular weight is 319 g/mol. The van der Waals surface area contributed by atoms with Crippen LogP contribution in [0.25, 0.3) is 0 Å². The number of thiophene rings is 1. The number of hydrogen-bond donors (Lipinski definition) is 1. The smallest absolute Gasteiger partial charge is 0.258 e. The predicted octanol–water partition coefficient (Wildman–Crippen LogP) is 3.65. The van der Waals surface area contributed by atoms with Crippen molar-refractivity contribution >= 4 is 17.2 Å². The van der Waals surface area contributed by atoms with Crippen molar-refractivity contribution in [2.24, 2.45) is 5.92 Å². The van der Waals surface area contributed by atoms with Gasteiger partial charge in [-0.3, -0.25) is 4.79 Å². The zero-order chi connectivity index (χ0) is 15.9. The van der Waals surface area contributed by atoms with Gasteiger partial charge in [0, 0.05) is 4.88 Å². The predicted molar refractivity (Wildman–Crippen MR) is 88.5 cm³/mol. The highest BCUT2D eigenvalue weighted by atomic mass is 32.1. The largest absolute Gasteiger partial charge is 0.497 e. The number of benzene rings is 1. The fraction of sp³-hybridized carbons (Fsp3) is 0.353. The van der Waals surface area contributed by atoms with Crippen LogP contribution in [0.1, 0.15) is 24.8 Å². The Bertz CT molecular complexity index is 578. The summed E-state index contributed by atoms with van der Waals surface area (Å²) in [7, 11) is 1.61. The Labute approximate surface area is 135 Å². The van der Waals surface area contributed by atoms with Crippen LogP contribution in [-0.4, -0.2) is 19.6 Å². The highest BCUT2D eigenvalue weighted by Gasteiger charge is 2.19. The summed E-state index contributed by atoms with van der Waals surface area (Å²) in [6, 6.07) is 11.2. The zero-order valence-corrected chi connectivity index (χ0v) is 13.9. The van der Waals surface area contributed by atoms with Crippen molar-refractivity contribution < 1.29 is 14.3 Å². The number of methoxy groups -OCH3 is 1. The highest BCUT2D eigenvalue weighted by molar-refractivity contribution is 7.10. The third-order valence-corrected chi connectivity index (χ3v) is 4.22. The van der Waals surface area contributed by atoms with E-state index in [0.29, 0.717) is 11.7 Å². The lowest BCUT2D eigenvalue weighted by Gasteiger charge is -2.21. The summed E-state index contributed by atoms with van der Waals surface area (Å²) in [4.78, 5) is 13.3. The van der Waals surface area contributed by atoms with Crippen LogP contribution >= 0.6 is 11.3 Å². The van der Waals surface area contributed by atoms with E-state index in [1.54, 1.807) is 42.7 Å². The molecule has 22 heavy (non-hydrogen) atoms. The zero-order valence-electron chi connectivity index (χ0n) is 13.0. The Balaban J connectivity index is 1.88. The van der Waals surface area contributed by atoms with Gasteiger partial charge in [-0.15, -0.1) is 11.3 Å². The van der Waals surface area contributed by atoms with Crippen molar-refractivity contribution in [3.8, 4) is 11.5 Å². The van der Waals surface area contributed by atoms with E-state index < -0.39 is 0 Å². The third kappa shape index (κ3) is 4.49. The lowest BCUT2D eigenvalue weighted by atomic mass is 10.0. The third-order valence-electron chi connectivity index (χ3n) is 3.26. The molecule has 0 aliphatic heterocycles. The maximum Gasteiger partial charge on any atom is 0.258 e. The van der Waals surface area contributed by atoms with Crippen LogP contribution in [0, 0.1) is 5.92 Å². The number of carbonyl (C=O) groups excluding carboxylic acids is 1. The van der Waals surface area contributed by atoms with Crippen LogP contribution in [0.4, 0.5) is 0 Å². The molecule has 0 aliphatic rings. The molecule has 0 aliphatic carbocycles. The molecule has 0 unspecified atom stereocenters. The van der Waals surface area contributed by atoms with Crippen LogP contribution in [-0.2, 0) is 4.79 Å². The second kappa shape index (κ2) is 7.84. The lowest BCUT2D eigenvalue weighted by molar-refractivity contribution is -0.124. The minimum absolute atomic E-state index is 0.000917. The summed E-state index contributed by atoms with van der Waals surface area (Å²) < 4.78 is 10.6. The van der Waals surface area contributed by atoms with Gasteiger partial charge in [0.1, 0.15) is 11.5 Å². The van der Waals surface area contributed by atoms with E-state index in [2.05, 4.69) is 19.2 Å². The van der Waals surface area contributed by atoms with Gasteiger partial charge in [-0.25, -0.2) is 0 Å². The van der Waals surface area contributed by atoms with Gasteiger partial charge >= 0.3 is 0 Å². The number of carbonyl (C=O) groups is 1. The number of hydrogen-bond acceptors (Lipinski definition) is 4. The van der Waals surface area contributed by atoms with Crippen molar-refractivity contribution in [2.45, 2.75) is 19.9 Å². The van der Waals surface area contributed by atoms with E-state index in [1.807, 2.05) is 17.5 Å². The molecule has 118 valence electrons. The monoisotopic (exact) mass is 319 g/mol. The van der Waals surface area contributed by atoms with Crippen molar-refractivity contribution in [2.75, 3.05) is 13.7 Å². The van der Waals surface area contributed by atoms with E-state index in [4.69, 9.17) is 9.47 Å². The van der Waals surface area contributed by atoms with Gasteiger partial charge in [0.05, 0.1) is 13.2 Å². The van der Waals surface area contributed by atoms with Crippen molar-refractivity contribution in [3.05, 3.63) is 46.7 Å². The lowest BCUT2D eigenvalue weighted by Crippen LogP contribution is -2.34. The van der Waals surface area contributed by atoms with Gasteiger partial charge < -0.3 is 14.8 Å². The van der Waals surface area contributed by atoms with E-state index in [0.717, 1.165) is 10.6 Å². The Hall–Kier alpha value is -2.01. The second-order valence-corrected chi connectivity index (χ2v) is 6.25. The minimum atomic E-state index is -0.122. The van der Waals surface area contributed by atoms with Gasteiger partial charge in [0.25, 0.3) is 5.91 Å². The number of rotatable bonds is 7. The molecular weight excluding hydrogens is 298 g/mol. The molecular formula is C17H21NO3S. The number of nitrogens with one attached hydrogen (secondary N) is 1. The number of ether oxygens (including phenoxy) is 2. The van der Waals surface area contributed by atoms with Gasteiger partial charge in [0.15, 0.2) is 6.61 Å². The SMILES string of the molecule is COc1ccc(OCC(=O)N[C@H](c2cccs2)C(C)C)cc1. The van der Waals surface area contributed by atoms with Crippen LogP contribution in [0.3, 0.4) is 0 Å². The Morgan fingerprint density at radius 3 is 2.41 bits per heavy atom. The standard InChI is InChI=1S/C17H21NO3S/c1-12(2)17(15-5-4-10-22-15)18-16(19)11-21-14-8-6-13(20-3)7-9-14/h4-10,12,17H,11H2,1-3H3,(H,18,19)/t17-/m0/s1. The summed E-state index contributed by atoms with van der Waals surface area (Å²) in [5.74, 6) is 1.61. The quantitative estimate of drug-likeness (QED) is 0.847. The first kappa shape index (κ1) is 16.4. The molecule has 1 amide bonds. The van der Waals surface area contributed by atoms with Crippen LogP contribution in [0.2, 0.25) is 0 Å². The van der Waals surface area contributed by atoms with Crippen molar-refractivity contribution in [1.82, 2.24) is 5.32 Å². The molecule has 1 aromatic heterocycles. The molecule has 0 spiro atoms. The van der Waals surface area contributed by atoms with Crippen LogP contribution in [0.5, 0.6) is 11.5 Å². The normalized spacial score (nSPS) is 12.0. The molecule has 2 rings (SSSR count). The fourth-order valence-electron chi connectivity index (χ4n) is 2.07. The summed E-state index contributed by atoms with van der Waals surface area (Å²) in [5.41, 5.74) is 0. The first-order chi connectivity index (χ1) is 10.6. The molecule has 0 fully saturated rings. The Kier molecular flexibility index (Phi) is 5.83. The first-order valence-electron chi connectivity index (χ1n) is 7.19. The fourth-order valence-corrected chi connectivity index (χ4v) is 3.02. The summed E-state index contributed by atoms with van der Waals surface area (Å²) in [5, 5.41) is 5.05. The number of amides is 1. The van der Waals surface area contributed by atoms with Crippen LogP contribution in [0.15, 0.2) is 41.8 Å². The molecule has 0 bridgehead atoms. The maximum atomic E-state index is 12.1. The molecule has 1 atom stereocenters. The average Bonchev–Trinajstić information content (AvgIpc) is 3.04. The Morgan fingerprint density at radius 1 is 1.18 bits per heavy atom. The summed E-state index contributed by atoms with van der Waals surface area (Å²) >= 11 is 1.65. The molecule has 5 heteroatoms. The summed E-state index contributed by atoms with van der Waals surface area (Å²) in [6.45, 7) is 4.19. The molecule has 1 N–H and O–H groups in total. The first-order valence-corrected chi connectivity index (χ1v) is 8.07. The molecule has 0 saturated heterocycles. The van der Waals surface area contributed by atoms with E-state index in [1.165, 1.54) is 0 Å². The van der Waals surface area contributed by atoms with Gasteiger partial charge in [0.2, 0.25) is 0 Å². The molecule has 0 saturated carbocycles. The minimum Gasteiger partial charge on any atom is -0.497 e. The van der Waals surface area contributed by atoms with Gasteiger partial charge in [-0.2, -0.15) is 0 Å². The highest BCUT2D eigenvalue weighted by Crippen LogP contribution is 2.25. The molecule has 0 radical (unpaired) electrons.